The van der Waals surface area contributed by atoms with E-state index in [1.807, 2.05) is 30.5 Å². The summed E-state index contributed by atoms with van der Waals surface area (Å²) in [5.41, 5.74) is 12.9. The van der Waals surface area contributed by atoms with Gasteiger partial charge in [-0.05, 0) is 91.0 Å². The summed E-state index contributed by atoms with van der Waals surface area (Å²) in [6, 6.07) is 78.9. The van der Waals surface area contributed by atoms with Crippen LogP contribution in [-0.2, 0) is 0 Å². The van der Waals surface area contributed by atoms with Gasteiger partial charge in [-0.2, -0.15) is 0 Å². The third-order valence-electron chi connectivity index (χ3n) is 13.2. The first kappa shape index (κ1) is 37.2. The molecule has 5 heterocycles. The van der Waals surface area contributed by atoms with Crippen molar-refractivity contribution in [2.75, 3.05) is 0 Å². The third kappa shape index (κ3) is 5.58. The summed E-state index contributed by atoms with van der Waals surface area (Å²) in [4.78, 5) is 5.08. The number of hydrogen-bond acceptors (Lipinski definition) is 2. The van der Waals surface area contributed by atoms with E-state index in [1.54, 1.807) is 0 Å². The Bertz CT molecular complexity index is 4220. The Kier molecular flexibility index (Phi) is 8.15. The van der Waals surface area contributed by atoms with Crippen LogP contribution in [0.2, 0.25) is 0 Å². The first-order chi connectivity index (χ1) is 33.3. The molecule has 9 aromatic carbocycles. The second-order valence-corrected chi connectivity index (χ2v) is 16.9. The molecule has 0 radical (unpaired) electrons. The van der Waals surface area contributed by atoms with Gasteiger partial charge < -0.3 is 13.9 Å². The number of imidazole rings is 1. The van der Waals surface area contributed by atoms with Crippen LogP contribution in [0.25, 0.3) is 105 Å². The van der Waals surface area contributed by atoms with Crippen molar-refractivity contribution in [2.45, 2.75) is 0 Å². The minimum absolute atomic E-state index is 0.719. The second-order valence-electron chi connectivity index (χ2n) is 16.9. The van der Waals surface area contributed by atoms with Crippen molar-refractivity contribution in [1.29, 1.82) is 0 Å². The fourth-order valence-corrected chi connectivity index (χ4v) is 10.5. The van der Waals surface area contributed by atoms with Gasteiger partial charge in [0.15, 0.2) is 0 Å². The molecule has 0 amide bonds. The van der Waals surface area contributed by atoms with E-state index in [9.17, 15) is 0 Å². The van der Waals surface area contributed by atoms with Crippen LogP contribution in [0.15, 0.2) is 231 Å². The van der Waals surface area contributed by atoms with Gasteiger partial charge in [-0.1, -0.05) is 127 Å². The summed E-state index contributed by atoms with van der Waals surface area (Å²) in [5.74, 6) is 2.26. The summed E-state index contributed by atoms with van der Waals surface area (Å²) in [6.07, 6.45) is 5.50. The average Bonchev–Trinajstić information content (AvgIpc) is 4.14. The zero-order valence-corrected chi connectivity index (χ0v) is 36.0. The molecule has 0 aliphatic carbocycles. The molecule has 0 saturated carbocycles. The normalized spacial score (nSPS) is 11.9. The van der Waals surface area contributed by atoms with Crippen LogP contribution in [0.5, 0.6) is 11.5 Å². The first-order valence-electron chi connectivity index (χ1n) is 22.6. The lowest BCUT2D eigenvalue weighted by Gasteiger charge is -2.14. The average molecular weight is 859 g/mol. The summed E-state index contributed by atoms with van der Waals surface area (Å²) in [6.45, 7) is 0. The number of benzene rings is 9. The lowest BCUT2D eigenvalue weighted by atomic mass is 10.0. The molecule has 7 nitrogen and oxygen atoms in total. The Morgan fingerprint density at radius 3 is 1.63 bits per heavy atom. The highest BCUT2D eigenvalue weighted by Gasteiger charge is 2.29. The number of para-hydroxylation sites is 7. The van der Waals surface area contributed by atoms with E-state index in [0.717, 1.165) is 100 Å². The monoisotopic (exact) mass is 858 g/mol. The molecule has 0 atom stereocenters. The van der Waals surface area contributed by atoms with Crippen molar-refractivity contribution in [3.05, 3.63) is 237 Å². The Morgan fingerprint density at radius 1 is 0.388 bits per heavy atom. The summed E-state index contributed by atoms with van der Waals surface area (Å²) < 4.78 is 18.4. The largest absolute Gasteiger partial charge is 0.458 e. The molecular weight excluding hydrogens is 821 g/mol. The molecule has 0 N–H and O–H groups in total. The van der Waals surface area contributed by atoms with E-state index < -0.39 is 0 Å². The number of aromatic nitrogens is 6. The van der Waals surface area contributed by atoms with Gasteiger partial charge in [-0.15, -0.1) is 0 Å². The van der Waals surface area contributed by atoms with Crippen molar-refractivity contribution >= 4 is 76.5 Å². The predicted molar refractivity (Wildman–Crippen MR) is 271 cm³/mol. The maximum atomic E-state index is 6.90. The van der Waals surface area contributed by atoms with Crippen molar-refractivity contribution in [1.82, 2.24) is 23.3 Å². The highest BCUT2D eigenvalue weighted by atomic mass is 16.5. The maximum absolute atomic E-state index is 6.90. The Morgan fingerprint density at radius 2 is 0.940 bits per heavy atom. The second kappa shape index (κ2) is 14.7. The number of fused-ring (bicyclic) bond motifs is 13. The van der Waals surface area contributed by atoms with Gasteiger partial charge in [0, 0.05) is 56.0 Å². The van der Waals surface area contributed by atoms with Gasteiger partial charge in [0.25, 0.3) is 6.33 Å². The Hall–Kier alpha value is -9.20. The smallest absolute Gasteiger partial charge is 0.269 e. The minimum Gasteiger partial charge on any atom is -0.458 e. The Labute approximate surface area is 384 Å². The van der Waals surface area contributed by atoms with E-state index >= 15 is 0 Å². The summed E-state index contributed by atoms with van der Waals surface area (Å²) in [5, 5.41) is 6.96. The third-order valence-corrected chi connectivity index (χ3v) is 13.2. The van der Waals surface area contributed by atoms with E-state index in [1.165, 1.54) is 16.2 Å². The van der Waals surface area contributed by atoms with Crippen molar-refractivity contribution in [3.63, 3.8) is 0 Å². The quantitative estimate of drug-likeness (QED) is 0.118. The van der Waals surface area contributed by atoms with Gasteiger partial charge in [-0.3, -0.25) is 13.7 Å². The van der Waals surface area contributed by atoms with E-state index in [4.69, 9.17) is 9.72 Å². The fraction of sp³-hybridized carbons (Fsp3) is 0. The number of rotatable bonds is 7. The minimum atomic E-state index is 0.719. The first-order valence-corrected chi connectivity index (χ1v) is 22.6. The van der Waals surface area contributed by atoms with E-state index in [2.05, 4.69) is 229 Å². The SMILES string of the molecule is [c-]1n(-c2ccccc2)c2ccccc2[n+]1-c1cccc(Oc2ccc3c4c5c6ccccc6n(-c6ccccc6)c5c5c(c6ccccc6n5-c5ccccc5)c4n(-c4ccccn4)c3c2)c1. The van der Waals surface area contributed by atoms with Crippen LogP contribution >= 0.6 is 0 Å². The van der Waals surface area contributed by atoms with E-state index in [-0.39, 0.29) is 0 Å². The number of pyridine rings is 1. The molecule has 0 aliphatic rings. The van der Waals surface area contributed by atoms with Crippen LogP contribution in [0.4, 0.5) is 0 Å². The molecule has 5 aromatic heterocycles. The molecule has 7 heteroatoms. The van der Waals surface area contributed by atoms with Crippen molar-refractivity contribution in [3.8, 4) is 40.1 Å². The van der Waals surface area contributed by atoms with Gasteiger partial charge in [0.05, 0.1) is 55.5 Å². The van der Waals surface area contributed by atoms with Crippen LogP contribution < -0.4 is 9.30 Å². The predicted octanol–water partition coefficient (Wildman–Crippen LogP) is 14.2. The van der Waals surface area contributed by atoms with Crippen LogP contribution in [0.3, 0.4) is 0 Å². The Balaban J connectivity index is 1.07. The molecule has 67 heavy (non-hydrogen) atoms. The maximum Gasteiger partial charge on any atom is 0.269 e. The van der Waals surface area contributed by atoms with Gasteiger partial charge >= 0.3 is 0 Å². The molecule has 0 bridgehead atoms. The number of ether oxygens (including phenoxy) is 1. The molecule has 14 aromatic rings. The summed E-state index contributed by atoms with van der Waals surface area (Å²) in [7, 11) is 0. The molecule has 0 unspecified atom stereocenters. The molecule has 0 fully saturated rings. The van der Waals surface area contributed by atoms with Crippen LogP contribution in [0, 0.1) is 6.33 Å². The molecule has 0 aliphatic heterocycles. The highest BCUT2D eigenvalue weighted by Crippen LogP contribution is 2.50. The van der Waals surface area contributed by atoms with E-state index in [0.29, 0.717) is 0 Å². The molecule has 0 saturated heterocycles. The number of hydrogen-bond donors (Lipinski definition) is 0. The van der Waals surface area contributed by atoms with Gasteiger partial charge in [0.1, 0.15) is 17.3 Å². The topological polar surface area (TPSA) is 45.7 Å². The molecular formula is C60H38N6O. The van der Waals surface area contributed by atoms with Crippen molar-refractivity contribution in [2.24, 2.45) is 0 Å². The molecule has 14 rings (SSSR count). The lowest BCUT2D eigenvalue weighted by Crippen LogP contribution is -2.29. The zero-order valence-electron chi connectivity index (χ0n) is 36.0. The summed E-state index contributed by atoms with van der Waals surface area (Å²) >= 11 is 0. The van der Waals surface area contributed by atoms with Gasteiger partial charge in [0.2, 0.25) is 0 Å². The van der Waals surface area contributed by atoms with Crippen molar-refractivity contribution < 1.29 is 9.30 Å². The number of nitrogens with zero attached hydrogens (tertiary/aromatic N) is 6. The molecule has 314 valence electrons. The highest BCUT2D eigenvalue weighted by molar-refractivity contribution is 6.40. The standard InChI is InChI=1S/C60H38N6O/c1-4-19-40(20-5-1)62-39-63(52-32-15-14-31-51(52)62)43-25-18-26-44(37-43)67-45-34-35-48-53(38-45)66(54-33-16-17-36-61-54)58-55(48)56-46-27-10-12-29-49(46)64(41-21-6-2-7-22-41)59(56)60-57(58)47-28-11-13-30-50(47)65(60)42-23-8-3-9-24-42/h1-38H. The lowest BCUT2D eigenvalue weighted by molar-refractivity contribution is -0.572. The van der Waals surface area contributed by atoms with Crippen LogP contribution in [0.1, 0.15) is 0 Å². The van der Waals surface area contributed by atoms with Crippen LogP contribution in [-0.4, -0.2) is 23.3 Å². The van der Waals surface area contributed by atoms with Gasteiger partial charge in [-0.25, -0.2) is 4.98 Å². The zero-order chi connectivity index (χ0) is 44.0. The molecule has 0 spiro atoms. The fourth-order valence-electron chi connectivity index (χ4n) is 10.5.